The molecule has 0 atom stereocenters. The Kier molecular flexibility index (Phi) is 13.9. The van der Waals surface area contributed by atoms with Gasteiger partial charge in [-0.05, 0) is 86.8 Å². The summed E-state index contributed by atoms with van der Waals surface area (Å²) in [5.74, 6) is -0.256. The Morgan fingerprint density at radius 3 is 2.45 bits per heavy atom. The molecule has 1 aliphatic heterocycles. The monoisotopic (exact) mass is 632 g/mol. The molecule has 44 heavy (non-hydrogen) atoms. The number of hydrogen-bond acceptors (Lipinski definition) is 8. The van der Waals surface area contributed by atoms with Crippen LogP contribution in [0.15, 0.2) is 98.7 Å². The molecule has 2 amide bonds. The van der Waals surface area contributed by atoms with E-state index in [4.69, 9.17) is 4.99 Å². The fourth-order valence-electron chi connectivity index (χ4n) is 3.90. The van der Waals surface area contributed by atoms with Crippen LogP contribution < -0.4 is 10.6 Å². The minimum atomic E-state index is -0.159. The molecule has 10 heteroatoms. The lowest BCUT2D eigenvalue weighted by Crippen LogP contribution is -2.31. The topological polar surface area (TPSA) is 80.3 Å². The zero-order valence-corrected chi connectivity index (χ0v) is 28.4. The Morgan fingerprint density at radius 1 is 1.05 bits per heavy atom. The van der Waals surface area contributed by atoms with Crippen molar-refractivity contribution in [3.8, 4) is 0 Å². The van der Waals surface area contributed by atoms with E-state index in [9.17, 15) is 9.59 Å². The Labute approximate surface area is 271 Å². The molecule has 1 heterocycles. The van der Waals surface area contributed by atoms with Gasteiger partial charge < -0.3 is 20.4 Å². The van der Waals surface area contributed by atoms with E-state index in [2.05, 4.69) is 28.5 Å². The van der Waals surface area contributed by atoms with Gasteiger partial charge in [0.25, 0.3) is 11.8 Å². The number of thioether (sulfide) groups is 2. The maximum atomic E-state index is 13.7. The molecule has 8 nitrogen and oxygen atoms in total. The molecule has 1 aliphatic rings. The zero-order chi connectivity index (χ0) is 32.1. The molecule has 0 aromatic heterocycles. The highest BCUT2D eigenvalue weighted by Crippen LogP contribution is 2.38. The first kappa shape index (κ1) is 34.8. The molecule has 1 saturated heterocycles. The van der Waals surface area contributed by atoms with Crippen molar-refractivity contribution in [1.29, 1.82) is 0 Å². The van der Waals surface area contributed by atoms with Crippen molar-refractivity contribution in [3.05, 3.63) is 105 Å². The summed E-state index contributed by atoms with van der Waals surface area (Å²) in [6.07, 6.45) is 8.09. The predicted molar refractivity (Wildman–Crippen MR) is 189 cm³/mol. The van der Waals surface area contributed by atoms with Crippen molar-refractivity contribution in [2.24, 2.45) is 4.99 Å². The summed E-state index contributed by atoms with van der Waals surface area (Å²) in [5.41, 5.74) is 4.09. The summed E-state index contributed by atoms with van der Waals surface area (Å²) in [4.78, 5) is 39.0. The van der Waals surface area contributed by atoms with Crippen LogP contribution in [0.25, 0.3) is 0 Å². The van der Waals surface area contributed by atoms with Crippen LogP contribution in [0, 0.1) is 0 Å². The van der Waals surface area contributed by atoms with Gasteiger partial charge in [-0.25, -0.2) is 4.99 Å². The lowest BCUT2D eigenvalue weighted by Gasteiger charge is -2.17. The van der Waals surface area contributed by atoms with Gasteiger partial charge in [-0.3, -0.25) is 14.5 Å². The lowest BCUT2D eigenvalue weighted by molar-refractivity contribution is -0.122. The van der Waals surface area contributed by atoms with Crippen molar-refractivity contribution < 1.29 is 9.59 Å². The normalized spacial score (nSPS) is 16.1. The second kappa shape index (κ2) is 17.5. The number of anilines is 1. The van der Waals surface area contributed by atoms with Gasteiger partial charge in [-0.1, -0.05) is 48.6 Å². The van der Waals surface area contributed by atoms with Crippen molar-refractivity contribution in [2.75, 3.05) is 53.1 Å². The van der Waals surface area contributed by atoms with Crippen LogP contribution in [-0.4, -0.2) is 79.5 Å². The average Bonchev–Trinajstić information content (AvgIpc) is 3.28. The number of hydrogen-bond donors (Lipinski definition) is 2. The number of aliphatic imine (C=N–C) groups is 1. The number of carbonyl (C=O) groups is 2. The zero-order valence-electron chi connectivity index (χ0n) is 26.8. The number of benzene rings is 2. The van der Waals surface area contributed by atoms with Gasteiger partial charge in [0.2, 0.25) is 0 Å². The predicted octanol–water partition coefficient (Wildman–Crippen LogP) is 6.67. The van der Waals surface area contributed by atoms with E-state index >= 15 is 0 Å². The molecular formula is C34H44N6O2S2. The Balaban J connectivity index is 1.92. The first-order valence-electron chi connectivity index (χ1n) is 14.6. The first-order valence-corrected chi connectivity index (χ1v) is 16.3. The van der Waals surface area contributed by atoms with Crippen LogP contribution in [0.5, 0.6) is 0 Å². The van der Waals surface area contributed by atoms with E-state index < -0.39 is 0 Å². The largest absolute Gasteiger partial charge is 0.384 e. The quantitative estimate of drug-likeness (QED) is 0.178. The number of rotatable bonds is 14. The number of likely N-dealkylation sites (N-methyl/N-ethyl adjacent to an activating group) is 1. The number of allylic oxidation sites excluding steroid dienone is 6. The second-order valence-electron chi connectivity index (χ2n) is 10.7. The molecule has 2 N–H and O–H groups in total. The van der Waals surface area contributed by atoms with E-state index in [-0.39, 0.29) is 11.8 Å². The molecule has 0 saturated carbocycles. The SMILES string of the molecule is CCNc1ccc(C(=O)NCCN(C)C)cc1N=C1S/C(=C\S/C(C)=C/C=C\C=C(/C)N(C)C)C(=O)N1Cc1ccccc1. The highest BCUT2D eigenvalue weighted by molar-refractivity contribution is 8.19. The van der Waals surface area contributed by atoms with E-state index in [0.29, 0.717) is 41.0 Å². The fourth-order valence-corrected chi connectivity index (χ4v) is 5.59. The van der Waals surface area contributed by atoms with Crippen LogP contribution in [-0.2, 0) is 11.3 Å². The van der Waals surface area contributed by atoms with Crippen molar-refractivity contribution in [3.63, 3.8) is 0 Å². The minimum absolute atomic E-state index is 0.0967. The van der Waals surface area contributed by atoms with Crippen LogP contribution in [0.2, 0.25) is 0 Å². The van der Waals surface area contributed by atoms with Crippen LogP contribution in [0.3, 0.4) is 0 Å². The van der Waals surface area contributed by atoms with Gasteiger partial charge in [-0.15, -0.1) is 11.8 Å². The van der Waals surface area contributed by atoms with Gasteiger partial charge in [0.15, 0.2) is 5.17 Å². The third-order valence-electron chi connectivity index (χ3n) is 6.60. The fraction of sp³-hybridized carbons (Fsp3) is 0.324. The molecule has 0 aliphatic carbocycles. The maximum absolute atomic E-state index is 13.7. The molecule has 0 unspecified atom stereocenters. The highest BCUT2D eigenvalue weighted by atomic mass is 32.2. The summed E-state index contributed by atoms with van der Waals surface area (Å²) in [5, 5.41) is 8.78. The lowest BCUT2D eigenvalue weighted by atomic mass is 10.1. The van der Waals surface area contributed by atoms with Crippen LogP contribution in [0.1, 0.15) is 36.7 Å². The van der Waals surface area contributed by atoms with Crippen molar-refractivity contribution >= 4 is 51.9 Å². The summed E-state index contributed by atoms with van der Waals surface area (Å²) in [6, 6.07) is 15.3. The molecule has 0 radical (unpaired) electrons. The first-order chi connectivity index (χ1) is 21.1. The smallest absolute Gasteiger partial charge is 0.267 e. The molecular weight excluding hydrogens is 589 g/mol. The molecule has 2 aromatic carbocycles. The maximum Gasteiger partial charge on any atom is 0.267 e. The Morgan fingerprint density at radius 2 is 1.77 bits per heavy atom. The molecule has 0 bridgehead atoms. The van der Waals surface area contributed by atoms with E-state index in [1.54, 1.807) is 17.0 Å². The molecule has 2 aromatic rings. The number of carbonyl (C=O) groups excluding carboxylic acids is 2. The van der Waals surface area contributed by atoms with Crippen molar-refractivity contribution in [2.45, 2.75) is 27.3 Å². The van der Waals surface area contributed by atoms with Crippen LogP contribution >= 0.6 is 23.5 Å². The number of amides is 2. The summed E-state index contributed by atoms with van der Waals surface area (Å²) in [7, 11) is 7.96. The number of nitrogens with zero attached hydrogens (tertiary/aromatic N) is 4. The van der Waals surface area contributed by atoms with E-state index in [1.165, 1.54) is 23.5 Å². The van der Waals surface area contributed by atoms with Gasteiger partial charge in [-0.2, -0.15) is 0 Å². The highest BCUT2D eigenvalue weighted by Gasteiger charge is 2.33. The van der Waals surface area contributed by atoms with Gasteiger partial charge >= 0.3 is 0 Å². The van der Waals surface area contributed by atoms with Gasteiger partial charge in [0.05, 0.1) is 22.8 Å². The molecule has 3 rings (SSSR count). The third-order valence-corrected chi connectivity index (χ3v) is 8.61. The number of amidine groups is 1. The third kappa shape index (κ3) is 10.8. The molecule has 0 spiro atoms. The summed E-state index contributed by atoms with van der Waals surface area (Å²) >= 11 is 2.86. The minimum Gasteiger partial charge on any atom is -0.384 e. The second-order valence-corrected chi connectivity index (χ2v) is 12.8. The Hall–Kier alpha value is -3.73. The summed E-state index contributed by atoms with van der Waals surface area (Å²) < 4.78 is 0. The van der Waals surface area contributed by atoms with Crippen LogP contribution in [0.4, 0.5) is 11.4 Å². The van der Waals surface area contributed by atoms with E-state index in [1.807, 2.05) is 107 Å². The van der Waals surface area contributed by atoms with E-state index in [0.717, 1.165) is 28.4 Å². The Bertz CT molecular complexity index is 1440. The summed E-state index contributed by atoms with van der Waals surface area (Å²) in [6.45, 7) is 8.46. The molecule has 1 fully saturated rings. The van der Waals surface area contributed by atoms with Gasteiger partial charge in [0.1, 0.15) is 0 Å². The van der Waals surface area contributed by atoms with Crippen molar-refractivity contribution in [1.82, 2.24) is 20.0 Å². The average molecular weight is 633 g/mol. The molecule has 234 valence electrons. The standard InChI is InChI=1S/C34H44N6O2S2/c1-8-35-29-19-18-28(32(41)36-20-21-38(4)5)22-30(29)37-34-40(23-27-16-10-9-11-17-27)33(42)31(44-34)24-43-26(3)15-13-12-14-25(2)39(6)7/h9-19,22,24,35H,8,20-21,23H2,1-7H3,(H,36,41)/b13-12-,25-14+,26-15+,31-24-,37-34?. The number of nitrogens with one attached hydrogen (secondary N) is 2. The van der Waals surface area contributed by atoms with Gasteiger partial charge in [0, 0.05) is 45.0 Å².